The lowest BCUT2D eigenvalue weighted by Gasteiger charge is -2.15. The minimum atomic E-state index is -0.799. The van der Waals surface area contributed by atoms with Gasteiger partial charge in [0.05, 0.1) is 7.11 Å². The van der Waals surface area contributed by atoms with Crippen molar-refractivity contribution in [2.24, 2.45) is 0 Å². The molecule has 1 atom stereocenters. The van der Waals surface area contributed by atoms with Gasteiger partial charge < -0.3 is 15.2 Å². The summed E-state index contributed by atoms with van der Waals surface area (Å²) >= 11 is 3.46. The first kappa shape index (κ1) is 16.0. The second kappa shape index (κ2) is 8.17. The second-order valence-electron chi connectivity index (χ2n) is 4.37. The number of unbranched alkanes of at least 4 members (excludes halogenated alkanes) is 1. The number of carboxylic acid groups (broad SMARTS) is 1. The lowest BCUT2D eigenvalue weighted by Crippen LogP contribution is -2.36. The van der Waals surface area contributed by atoms with Crippen LogP contribution in [0.5, 0.6) is 5.75 Å². The number of aliphatic carboxylic acids is 1. The van der Waals surface area contributed by atoms with Crippen LogP contribution in [0.2, 0.25) is 0 Å². The van der Waals surface area contributed by atoms with Crippen LogP contribution in [-0.2, 0) is 11.3 Å². The van der Waals surface area contributed by atoms with Crippen molar-refractivity contribution in [1.29, 1.82) is 0 Å². The summed E-state index contributed by atoms with van der Waals surface area (Å²) in [4.78, 5) is 11.1. The monoisotopic (exact) mass is 329 g/mol. The summed E-state index contributed by atoms with van der Waals surface area (Å²) in [6.45, 7) is 2.55. The molecule has 0 spiro atoms. The van der Waals surface area contributed by atoms with Crippen LogP contribution in [0.1, 0.15) is 31.7 Å². The Bertz CT molecular complexity index is 423. The fraction of sp³-hybridized carbons (Fsp3) is 0.500. The van der Waals surface area contributed by atoms with Crippen LogP contribution in [0.15, 0.2) is 22.7 Å². The summed E-state index contributed by atoms with van der Waals surface area (Å²) in [5.41, 5.74) is 0.988. The molecule has 0 saturated heterocycles. The Balaban J connectivity index is 2.65. The summed E-state index contributed by atoms with van der Waals surface area (Å²) in [5, 5.41) is 12.2. The molecule has 2 N–H and O–H groups in total. The maximum absolute atomic E-state index is 11.1. The Hall–Kier alpha value is -1.07. The van der Waals surface area contributed by atoms with Crippen LogP contribution in [0, 0.1) is 0 Å². The summed E-state index contributed by atoms with van der Waals surface area (Å²) in [6, 6.07) is 5.16. The number of methoxy groups -OCH3 is 1. The molecule has 0 aliphatic rings. The normalized spacial score (nSPS) is 12.2. The standard InChI is InChI=1S/C14H20BrNO3/c1-3-4-5-13(14(17)18)16-9-10-8-11(19-2)6-7-12(10)15/h6-8,13,16H,3-5,9H2,1-2H3,(H,17,18)/t13-/m0/s1. The van der Waals surface area contributed by atoms with Crippen molar-refractivity contribution in [1.82, 2.24) is 5.32 Å². The minimum Gasteiger partial charge on any atom is -0.497 e. The van der Waals surface area contributed by atoms with E-state index in [1.807, 2.05) is 18.2 Å². The molecule has 1 aromatic rings. The number of rotatable bonds is 8. The van der Waals surface area contributed by atoms with E-state index < -0.39 is 12.0 Å². The molecule has 0 bridgehead atoms. The van der Waals surface area contributed by atoms with Crippen molar-refractivity contribution < 1.29 is 14.6 Å². The van der Waals surface area contributed by atoms with E-state index in [1.54, 1.807) is 7.11 Å². The van der Waals surface area contributed by atoms with Gasteiger partial charge in [0.25, 0.3) is 0 Å². The van der Waals surface area contributed by atoms with E-state index in [0.29, 0.717) is 13.0 Å². The zero-order valence-corrected chi connectivity index (χ0v) is 12.9. The van der Waals surface area contributed by atoms with Gasteiger partial charge >= 0.3 is 5.97 Å². The van der Waals surface area contributed by atoms with Crippen LogP contribution < -0.4 is 10.1 Å². The molecule has 106 valence electrons. The van der Waals surface area contributed by atoms with Gasteiger partial charge in [0.1, 0.15) is 11.8 Å². The average Bonchev–Trinajstić information content (AvgIpc) is 2.40. The molecule has 4 nitrogen and oxygen atoms in total. The first-order valence-corrected chi connectivity index (χ1v) is 7.16. The van der Waals surface area contributed by atoms with E-state index in [9.17, 15) is 4.79 Å². The highest BCUT2D eigenvalue weighted by atomic mass is 79.9. The topological polar surface area (TPSA) is 58.6 Å². The van der Waals surface area contributed by atoms with E-state index in [2.05, 4.69) is 28.2 Å². The zero-order valence-electron chi connectivity index (χ0n) is 11.3. The largest absolute Gasteiger partial charge is 0.497 e. The minimum absolute atomic E-state index is 0.498. The lowest BCUT2D eigenvalue weighted by atomic mass is 10.1. The second-order valence-corrected chi connectivity index (χ2v) is 5.23. The SMILES string of the molecule is CCCC[C@H](NCc1cc(OC)ccc1Br)C(=O)O. The van der Waals surface area contributed by atoms with Gasteiger partial charge in [-0.05, 0) is 30.2 Å². The number of hydrogen-bond donors (Lipinski definition) is 2. The maximum Gasteiger partial charge on any atom is 0.320 e. The maximum atomic E-state index is 11.1. The van der Waals surface area contributed by atoms with Gasteiger partial charge in [-0.3, -0.25) is 4.79 Å². The first-order valence-electron chi connectivity index (χ1n) is 6.37. The Kier molecular flexibility index (Phi) is 6.87. The molecular formula is C14H20BrNO3. The van der Waals surface area contributed by atoms with Crippen molar-refractivity contribution in [3.63, 3.8) is 0 Å². The molecule has 0 radical (unpaired) electrons. The van der Waals surface area contributed by atoms with Gasteiger partial charge in [-0.2, -0.15) is 0 Å². The highest BCUT2D eigenvalue weighted by molar-refractivity contribution is 9.10. The zero-order chi connectivity index (χ0) is 14.3. The molecule has 0 amide bonds. The number of halogens is 1. The molecule has 0 aliphatic heterocycles. The third-order valence-corrected chi connectivity index (χ3v) is 3.71. The fourth-order valence-corrected chi connectivity index (χ4v) is 2.15. The summed E-state index contributed by atoms with van der Waals surface area (Å²) in [7, 11) is 1.61. The van der Waals surface area contributed by atoms with Gasteiger partial charge in [-0.25, -0.2) is 0 Å². The van der Waals surface area contributed by atoms with Gasteiger partial charge in [0, 0.05) is 11.0 Å². The smallest absolute Gasteiger partial charge is 0.320 e. The Morgan fingerprint density at radius 1 is 1.53 bits per heavy atom. The number of benzene rings is 1. The van der Waals surface area contributed by atoms with Crippen molar-refractivity contribution in [2.45, 2.75) is 38.8 Å². The van der Waals surface area contributed by atoms with E-state index in [-0.39, 0.29) is 0 Å². The third-order valence-electron chi connectivity index (χ3n) is 2.94. The lowest BCUT2D eigenvalue weighted by molar-refractivity contribution is -0.139. The van der Waals surface area contributed by atoms with Crippen LogP contribution in [0.25, 0.3) is 0 Å². The molecule has 0 heterocycles. The quantitative estimate of drug-likeness (QED) is 0.769. The van der Waals surface area contributed by atoms with Gasteiger partial charge in [0.2, 0.25) is 0 Å². The molecule has 5 heteroatoms. The Labute approximate surface area is 122 Å². The Morgan fingerprint density at radius 2 is 2.26 bits per heavy atom. The number of ether oxygens (including phenoxy) is 1. The number of nitrogens with one attached hydrogen (secondary N) is 1. The fourth-order valence-electron chi connectivity index (χ4n) is 1.77. The molecule has 19 heavy (non-hydrogen) atoms. The molecular weight excluding hydrogens is 310 g/mol. The van der Waals surface area contributed by atoms with E-state index >= 15 is 0 Å². The molecule has 0 fully saturated rings. The van der Waals surface area contributed by atoms with E-state index in [4.69, 9.17) is 9.84 Å². The number of hydrogen-bond acceptors (Lipinski definition) is 3. The van der Waals surface area contributed by atoms with Gasteiger partial charge in [0.15, 0.2) is 0 Å². The van der Waals surface area contributed by atoms with Crippen molar-refractivity contribution >= 4 is 21.9 Å². The molecule has 0 saturated carbocycles. The van der Waals surface area contributed by atoms with E-state index in [1.165, 1.54) is 0 Å². The van der Waals surface area contributed by atoms with Crippen molar-refractivity contribution in [3.05, 3.63) is 28.2 Å². The highest BCUT2D eigenvalue weighted by Crippen LogP contribution is 2.22. The summed E-state index contributed by atoms with van der Waals surface area (Å²) in [5.74, 6) is -0.0344. The van der Waals surface area contributed by atoms with Crippen LogP contribution in [0.3, 0.4) is 0 Å². The predicted octanol–water partition coefficient (Wildman–Crippen LogP) is 3.19. The van der Waals surface area contributed by atoms with Gasteiger partial charge in [-0.15, -0.1) is 0 Å². The third kappa shape index (κ3) is 5.20. The van der Waals surface area contributed by atoms with Crippen LogP contribution >= 0.6 is 15.9 Å². The highest BCUT2D eigenvalue weighted by Gasteiger charge is 2.16. The molecule has 0 unspecified atom stereocenters. The van der Waals surface area contributed by atoms with Crippen LogP contribution in [-0.4, -0.2) is 24.2 Å². The van der Waals surface area contributed by atoms with Gasteiger partial charge in [-0.1, -0.05) is 35.7 Å². The van der Waals surface area contributed by atoms with E-state index in [0.717, 1.165) is 28.6 Å². The van der Waals surface area contributed by atoms with Crippen molar-refractivity contribution in [2.75, 3.05) is 7.11 Å². The number of carboxylic acids is 1. The summed E-state index contributed by atoms with van der Waals surface area (Å²) < 4.78 is 6.11. The predicted molar refractivity (Wildman–Crippen MR) is 78.5 cm³/mol. The molecule has 0 aromatic heterocycles. The van der Waals surface area contributed by atoms with Crippen LogP contribution in [0.4, 0.5) is 0 Å². The molecule has 1 rings (SSSR count). The molecule has 0 aliphatic carbocycles. The summed E-state index contributed by atoms with van der Waals surface area (Å²) in [6.07, 6.45) is 2.55. The number of carbonyl (C=O) groups is 1. The van der Waals surface area contributed by atoms with Crippen molar-refractivity contribution in [3.8, 4) is 5.75 Å². The Morgan fingerprint density at radius 3 is 2.84 bits per heavy atom. The molecule has 1 aromatic carbocycles. The average molecular weight is 330 g/mol. The first-order chi connectivity index (χ1) is 9.08.